The molecule has 0 aromatic carbocycles. The summed E-state index contributed by atoms with van der Waals surface area (Å²) < 4.78 is 7.19. The van der Waals surface area contributed by atoms with E-state index in [-0.39, 0.29) is 5.92 Å². The van der Waals surface area contributed by atoms with E-state index in [2.05, 4.69) is 0 Å². The van der Waals surface area contributed by atoms with Crippen molar-refractivity contribution in [1.82, 2.24) is 4.90 Å². The average molecular weight is 154 g/mol. The highest BCUT2D eigenvalue weighted by molar-refractivity contribution is 5.28. The van der Waals surface area contributed by atoms with E-state index in [1.54, 1.807) is 0 Å². The molecule has 0 amide bonds. The summed E-state index contributed by atoms with van der Waals surface area (Å²) in [5, 5.41) is 9.09. The Balaban J connectivity index is 2.55. The number of rotatable bonds is 3. The van der Waals surface area contributed by atoms with Gasteiger partial charge in [0.15, 0.2) is 0 Å². The van der Waals surface area contributed by atoms with Gasteiger partial charge in [0.25, 0.3) is 0 Å². The van der Waals surface area contributed by atoms with Crippen LogP contribution in [0.2, 0.25) is 0 Å². The molecule has 0 saturated heterocycles. The number of aliphatic hydroxyl groups excluding tert-OH is 1. The first-order valence-corrected chi connectivity index (χ1v) is 3.73. The first-order chi connectivity index (χ1) is 5.61. The normalized spacial score (nSPS) is 27.1. The first kappa shape index (κ1) is 7.07. The molecule has 1 unspecified atom stereocenters. The van der Waals surface area contributed by atoms with Gasteiger partial charge in [0.2, 0.25) is 0 Å². The molecule has 0 radical (unpaired) electrons. The minimum Gasteiger partial charge on any atom is -0.395 e. The van der Waals surface area contributed by atoms with Crippen molar-refractivity contribution in [2.75, 3.05) is 27.2 Å². The minimum atomic E-state index is -1.02. The van der Waals surface area contributed by atoms with E-state index in [1.165, 1.54) is 0 Å². The van der Waals surface area contributed by atoms with Gasteiger partial charge in [0, 0.05) is 12.5 Å². The summed E-state index contributed by atoms with van der Waals surface area (Å²) >= 11 is 0. The van der Waals surface area contributed by atoms with Gasteiger partial charge >= 0.3 is 0 Å². The molecule has 11 heavy (non-hydrogen) atoms. The van der Waals surface area contributed by atoms with Crippen LogP contribution in [0.15, 0.2) is 23.8 Å². The summed E-state index contributed by atoms with van der Waals surface area (Å²) in [5.74, 6) is -0.104. The molecule has 2 atom stereocenters. The summed E-state index contributed by atoms with van der Waals surface area (Å²) in [4.78, 5) is 2.04. The van der Waals surface area contributed by atoms with E-state index in [4.69, 9.17) is 6.48 Å². The fraction of sp³-hybridized carbons (Fsp3) is 0.556. The zero-order valence-corrected chi connectivity index (χ0v) is 6.99. The van der Waals surface area contributed by atoms with E-state index < -0.39 is 6.58 Å². The maximum atomic E-state index is 9.09. The molecule has 1 aliphatic carbocycles. The Morgan fingerprint density at radius 3 is 3.00 bits per heavy atom. The Bertz CT molecular complexity index is 209. The minimum absolute atomic E-state index is 0.104. The van der Waals surface area contributed by atoms with Gasteiger partial charge in [-0.3, -0.25) is 0 Å². The van der Waals surface area contributed by atoms with Crippen molar-refractivity contribution in [3.05, 3.63) is 23.8 Å². The molecular formula is C9H15NO. The van der Waals surface area contributed by atoms with Gasteiger partial charge in [0.1, 0.15) is 0 Å². The van der Waals surface area contributed by atoms with Crippen molar-refractivity contribution in [1.29, 1.82) is 0 Å². The Hall–Kier alpha value is -0.600. The van der Waals surface area contributed by atoms with Crippen molar-refractivity contribution in [2.24, 2.45) is 5.92 Å². The number of hydrogen-bond acceptors (Lipinski definition) is 2. The second-order valence-corrected chi connectivity index (χ2v) is 3.04. The lowest BCUT2D eigenvalue weighted by Crippen LogP contribution is -2.19. The van der Waals surface area contributed by atoms with Crippen LogP contribution in [0.4, 0.5) is 0 Å². The fourth-order valence-electron chi connectivity index (χ4n) is 1.20. The zero-order chi connectivity index (χ0) is 9.14. The molecule has 1 aliphatic rings. The molecule has 0 saturated carbocycles. The quantitative estimate of drug-likeness (QED) is 0.645. The van der Waals surface area contributed by atoms with Gasteiger partial charge < -0.3 is 10.0 Å². The Morgan fingerprint density at radius 1 is 1.73 bits per heavy atom. The topological polar surface area (TPSA) is 23.5 Å². The molecule has 1 N–H and O–H groups in total. The second kappa shape index (κ2) is 3.69. The predicted molar refractivity (Wildman–Crippen MR) is 46.4 cm³/mol. The Labute approximate surface area is 69.2 Å². The van der Waals surface area contributed by atoms with Crippen molar-refractivity contribution in [3.8, 4) is 0 Å². The standard InChI is InChI=1S/C9H15NO/c1-10(2)6-8-4-3-5-9(8)7-11/h3-5,9,11H,6-7H2,1-2H3/i7D/t7-,9?/m0/s1. The number of aliphatic hydroxyl groups is 1. The Morgan fingerprint density at radius 2 is 2.45 bits per heavy atom. The predicted octanol–water partition coefficient (Wildman–Crippen LogP) is 0.653. The third kappa shape index (κ3) is 2.17. The lowest BCUT2D eigenvalue weighted by atomic mass is 10.0. The molecule has 0 spiro atoms. The smallest absolute Gasteiger partial charge is 0.0573 e. The molecule has 62 valence electrons. The van der Waals surface area contributed by atoms with Crippen molar-refractivity contribution in [2.45, 2.75) is 0 Å². The zero-order valence-electron chi connectivity index (χ0n) is 7.99. The maximum Gasteiger partial charge on any atom is 0.0573 e. The van der Waals surface area contributed by atoms with E-state index in [0.29, 0.717) is 0 Å². The van der Waals surface area contributed by atoms with Crippen molar-refractivity contribution >= 4 is 0 Å². The van der Waals surface area contributed by atoms with Crippen molar-refractivity contribution < 1.29 is 6.48 Å². The number of hydrogen-bond donors (Lipinski definition) is 1. The van der Waals surface area contributed by atoms with E-state index >= 15 is 0 Å². The van der Waals surface area contributed by atoms with Gasteiger partial charge in [-0.1, -0.05) is 18.2 Å². The summed E-state index contributed by atoms with van der Waals surface area (Å²) in [6.07, 6.45) is 5.75. The van der Waals surface area contributed by atoms with Crippen LogP contribution in [-0.2, 0) is 0 Å². The molecule has 0 aliphatic heterocycles. The van der Waals surface area contributed by atoms with Gasteiger partial charge in [-0.25, -0.2) is 0 Å². The van der Waals surface area contributed by atoms with Gasteiger partial charge in [0.05, 0.1) is 7.95 Å². The maximum absolute atomic E-state index is 9.09. The van der Waals surface area contributed by atoms with E-state index in [1.807, 2.05) is 37.2 Å². The SMILES string of the molecule is [2H][C@H](O)C1C=CC=C1CN(C)C. The van der Waals surface area contributed by atoms with Crippen LogP contribution in [0.25, 0.3) is 0 Å². The molecule has 1 rings (SSSR count). The van der Waals surface area contributed by atoms with Crippen LogP contribution >= 0.6 is 0 Å². The van der Waals surface area contributed by atoms with Crippen LogP contribution in [0.3, 0.4) is 0 Å². The van der Waals surface area contributed by atoms with Gasteiger partial charge in [-0.05, 0) is 19.7 Å². The second-order valence-electron chi connectivity index (χ2n) is 3.04. The number of likely N-dealkylation sites (N-methyl/N-ethyl adjacent to an activating group) is 1. The highest BCUT2D eigenvalue weighted by atomic mass is 16.3. The fourth-order valence-corrected chi connectivity index (χ4v) is 1.20. The first-order valence-electron chi connectivity index (χ1n) is 4.31. The average Bonchev–Trinajstić information content (AvgIpc) is 2.33. The molecule has 2 nitrogen and oxygen atoms in total. The van der Waals surface area contributed by atoms with Gasteiger partial charge in [-0.2, -0.15) is 0 Å². The molecular weight excluding hydrogens is 138 g/mol. The monoisotopic (exact) mass is 154 g/mol. The largest absolute Gasteiger partial charge is 0.395 e. The van der Waals surface area contributed by atoms with Crippen LogP contribution < -0.4 is 0 Å². The molecule has 2 heteroatoms. The summed E-state index contributed by atoms with van der Waals surface area (Å²) in [6.45, 7) is -0.205. The number of allylic oxidation sites excluding steroid dienone is 2. The summed E-state index contributed by atoms with van der Waals surface area (Å²) in [6, 6.07) is 0. The Kier molecular flexibility index (Phi) is 2.37. The number of nitrogens with zero attached hydrogens (tertiary/aromatic N) is 1. The molecule has 0 heterocycles. The third-order valence-electron chi connectivity index (χ3n) is 1.72. The lowest BCUT2D eigenvalue weighted by Gasteiger charge is -2.15. The third-order valence-corrected chi connectivity index (χ3v) is 1.72. The van der Waals surface area contributed by atoms with E-state index in [9.17, 15) is 0 Å². The highest BCUT2D eigenvalue weighted by Crippen LogP contribution is 2.18. The van der Waals surface area contributed by atoms with Crippen LogP contribution in [0, 0.1) is 5.92 Å². The van der Waals surface area contributed by atoms with Crippen LogP contribution in [-0.4, -0.2) is 37.2 Å². The summed E-state index contributed by atoms with van der Waals surface area (Å²) in [7, 11) is 3.96. The molecule has 0 bridgehead atoms. The van der Waals surface area contributed by atoms with Crippen molar-refractivity contribution in [3.63, 3.8) is 0 Å². The summed E-state index contributed by atoms with van der Waals surface area (Å²) in [5.41, 5.74) is 1.11. The highest BCUT2D eigenvalue weighted by Gasteiger charge is 2.13. The van der Waals surface area contributed by atoms with Gasteiger partial charge in [-0.15, -0.1) is 0 Å². The molecule has 0 fully saturated rings. The lowest BCUT2D eigenvalue weighted by molar-refractivity contribution is 0.264. The molecule has 0 aromatic heterocycles. The van der Waals surface area contributed by atoms with E-state index in [0.717, 1.165) is 12.1 Å². The van der Waals surface area contributed by atoms with Crippen LogP contribution in [0.5, 0.6) is 0 Å². The molecule has 0 aromatic rings. The van der Waals surface area contributed by atoms with Crippen LogP contribution in [0.1, 0.15) is 1.37 Å².